The lowest BCUT2D eigenvalue weighted by molar-refractivity contribution is -0.124. The zero-order valence-corrected chi connectivity index (χ0v) is 13.9. The molecule has 0 aliphatic carbocycles. The molecule has 0 unspecified atom stereocenters. The largest absolute Gasteiger partial charge is 0.371 e. The third-order valence-corrected chi connectivity index (χ3v) is 4.62. The highest BCUT2D eigenvalue weighted by atomic mass is 16.2. The molecule has 0 bridgehead atoms. The topological polar surface area (TPSA) is 83.6 Å². The number of anilines is 1. The Morgan fingerprint density at radius 2 is 2.17 bits per heavy atom. The van der Waals surface area contributed by atoms with Crippen molar-refractivity contribution < 1.29 is 4.79 Å². The minimum absolute atomic E-state index is 0.0150. The highest BCUT2D eigenvalue weighted by Gasteiger charge is 2.26. The fourth-order valence-electron chi connectivity index (χ4n) is 3.22. The minimum atomic E-state index is 0.0150. The molecule has 2 heterocycles. The van der Waals surface area contributed by atoms with Gasteiger partial charge in [-0.1, -0.05) is 19.1 Å². The van der Waals surface area contributed by atoms with Crippen LogP contribution < -0.4 is 16.1 Å². The quantitative estimate of drug-likeness (QED) is 0.392. The number of nitrogens with one attached hydrogen (secondary N) is 1. The molecule has 6 nitrogen and oxygen atoms in total. The second-order valence-electron chi connectivity index (χ2n) is 6.05. The van der Waals surface area contributed by atoms with E-state index in [1.807, 2.05) is 19.3 Å². The molecule has 0 saturated carbocycles. The molecule has 1 aliphatic heterocycles. The maximum atomic E-state index is 12.3. The number of rotatable bonds is 3. The average Bonchev–Trinajstić information content (AvgIpc) is 2.65. The number of hydrogen-bond donors (Lipinski definition) is 2. The van der Waals surface area contributed by atoms with Gasteiger partial charge < -0.3 is 16.1 Å². The van der Waals surface area contributed by atoms with Crippen molar-refractivity contribution in [2.24, 2.45) is 16.9 Å². The lowest BCUT2D eigenvalue weighted by Gasteiger charge is -2.33. The summed E-state index contributed by atoms with van der Waals surface area (Å²) in [5.41, 5.74) is 1.21. The van der Waals surface area contributed by atoms with E-state index in [2.05, 4.69) is 44.6 Å². The van der Waals surface area contributed by atoms with Crippen molar-refractivity contribution in [3.05, 3.63) is 36.7 Å². The fourth-order valence-corrected chi connectivity index (χ4v) is 3.22. The molecule has 126 valence electrons. The molecule has 2 aromatic rings. The van der Waals surface area contributed by atoms with Gasteiger partial charge >= 0.3 is 0 Å². The lowest BCUT2D eigenvalue weighted by Crippen LogP contribution is -2.42. The third kappa shape index (κ3) is 3.32. The van der Waals surface area contributed by atoms with Crippen molar-refractivity contribution in [1.82, 2.24) is 10.3 Å². The van der Waals surface area contributed by atoms with Crippen LogP contribution in [0.4, 0.5) is 5.69 Å². The maximum absolute atomic E-state index is 12.3. The summed E-state index contributed by atoms with van der Waals surface area (Å²) in [7, 11) is 0. The van der Waals surface area contributed by atoms with Gasteiger partial charge in [0.25, 0.3) is 0 Å². The molecule has 1 saturated heterocycles. The van der Waals surface area contributed by atoms with Gasteiger partial charge in [-0.2, -0.15) is 5.10 Å². The SMILES string of the molecule is CC/C(=N\N)NC(=O)C1CCN(c2cccc3cnccc23)CC1. The van der Waals surface area contributed by atoms with E-state index in [0.29, 0.717) is 12.3 Å². The first kappa shape index (κ1) is 16.2. The molecule has 1 aromatic carbocycles. The van der Waals surface area contributed by atoms with Crippen molar-refractivity contribution in [3.63, 3.8) is 0 Å². The maximum Gasteiger partial charge on any atom is 0.228 e. The molecule has 3 N–H and O–H groups in total. The lowest BCUT2D eigenvalue weighted by atomic mass is 9.95. The summed E-state index contributed by atoms with van der Waals surface area (Å²) in [6.45, 7) is 3.64. The minimum Gasteiger partial charge on any atom is -0.371 e. The van der Waals surface area contributed by atoms with Crippen molar-refractivity contribution in [1.29, 1.82) is 0 Å². The Balaban J connectivity index is 1.67. The molecule has 6 heteroatoms. The summed E-state index contributed by atoms with van der Waals surface area (Å²) < 4.78 is 0. The first-order chi connectivity index (χ1) is 11.7. The summed E-state index contributed by atoms with van der Waals surface area (Å²) in [5, 5.41) is 8.78. The molecule has 24 heavy (non-hydrogen) atoms. The van der Waals surface area contributed by atoms with Gasteiger partial charge in [0.05, 0.1) is 0 Å². The smallest absolute Gasteiger partial charge is 0.228 e. The van der Waals surface area contributed by atoms with Crippen LogP contribution in [-0.4, -0.2) is 29.8 Å². The van der Waals surface area contributed by atoms with E-state index in [1.165, 1.54) is 11.1 Å². The standard InChI is InChI=1S/C18H23N5O/c1-2-17(22-19)21-18(24)13-7-10-23(11-8-13)16-5-3-4-14-12-20-9-6-15(14)16/h3-6,9,12-13H,2,7-8,10-11,19H2,1H3,(H,21,22,24). The Kier molecular flexibility index (Phi) is 4.93. The molecule has 1 aliphatic rings. The van der Waals surface area contributed by atoms with Crippen molar-refractivity contribution in [2.45, 2.75) is 26.2 Å². The number of carbonyl (C=O) groups is 1. The molecule has 0 radical (unpaired) electrons. The number of fused-ring (bicyclic) bond motifs is 1. The summed E-state index contributed by atoms with van der Waals surface area (Å²) in [4.78, 5) is 18.8. The first-order valence-corrected chi connectivity index (χ1v) is 8.38. The third-order valence-electron chi connectivity index (χ3n) is 4.62. The number of amidine groups is 1. The van der Waals surface area contributed by atoms with E-state index in [0.717, 1.165) is 31.3 Å². The molecule has 1 amide bonds. The Morgan fingerprint density at radius 1 is 1.38 bits per heavy atom. The monoisotopic (exact) mass is 325 g/mol. The molecule has 1 fully saturated rings. The number of nitrogens with zero attached hydrogens (tertiary/aromatic N) is 3. The number of amides is 1. The van der Waals surface area contributed by atoms with Crippen LogP contribution >= 0.6 is 0 Å². The number of nitrogens with two attached hydrogens (primary N) is 1. The number of piperidine rings is 1. The van der Waals surface area contributed by atoms with Gasteiger partial charge in [0.1, 0.15) is 5.84 Å². The highest BCUT2D eigenvalue weighted by Crippen LogP contribution is 2.29. The number of hydrogen-bond acceptors (Lipinski definition) is 5. The van der Waals surface area contributed by atoms with E-state index in [1.54, 1.807) is 0 Å². The Morgan fingerprint density at radius 3 is 2.88 bits per heavy atom. The predicted molar refractivity (Wildman–Crippen MR) is 96.7 cm³/mol. The summed E-state index contributed by atoms with van der Waals surface area (Å²) in [6.07, 6.45) is 6.00. The van der Waals surface area contributed by atoms with Crippen LogP contribution in [-0.2, 0) is 4.79 Å². The van der Waals surface area contributed by atoms with Crippen LogP contribution in [0.1, 0.15) is 26.2 Å². The van der Waals surface area contributed by atoms with Crippen molar-refractivity contribution >= 4 is 28.2 Å². The number of pyridine rings is 1. The van der Waals surface area contributed by atoms with Gasteiger partial charge in [-0.25, -0.2) is 0 Å². The van der Waals surface area contributed by atoms with Gasteiger partial charge in [0.2, 0.25) is 5.91 Å². The summed E-state index contributed by atoms with van der Waals surface area (Å²) in [5.74, 6) is 5.86. The summed E-state index contributed by atoms with van der Waals surface area (Å²) >= 11 is 0. The van der Waals surface area contributed by atoms with Crippen LogP contribution in [0.5, 0.6) is 0 Å². The fraction of sp³-hybridized carbons (Fsp3) is 0.389. The van der Waals surface area contributed by atoms with Crippen LogP contribution in [0.2, 0.25) is 0 Å². The molecule has 0 atom stereocenters. The van der Waals surface area contributed by atoms with E-state index < -0.39 is 0 Å². The van der Waals surface area contributed by atoms with E-state index in [-0.39, 0.29) is 11.8 Å². The second kappa shape index (κ2) is 7.29. The molecular weight excluding hydrogens is 302 g/mol. The Hall–Kier alpha value is -2.63. The van der Waals surface area contributed by atoms with Gasteiger partial charge in [0.15, 0.2) is 0 Å². The van der Waals surface area contributed by atoms with Crippen LogP contribution in [0.15, 0.2) is 41.8 Å². The van der Waals surface area contributed by atoms with Crippen LogP contribution in [0.3, 0.4) is 0 Å². The average molecular weight is 325 g/mol. The van der Waals surface area contributed by atoms with Crippen LogP contribution in [0.25, 0.3) is 10.8 Å². The van der Waals surface area contributed by atoms with Crippen LogP contribution in [0, 0.1) is 5.92 Å². The number of hydrazone groups is 1. The Labute approximate surface area is 141 Å². The highest BCUT2D eigenvalue weighted by molar-refractivity contribution is 5.99. The Bertz CT molecular complexity index is 745. The van der Waals surface area contributed by atoms with Gasteiger partial charge in [-0.15, -0.1) is 0 Å². The molecular formula is C18H23N5O. The number of benzene rings is 1. The predicted octanol–water partition coefficient (Wildman–Crippen LogP) is 2.25. The normalized spacial score (nSPS) is 16.4. The zero-order valence-electron chi connectivity index (χ0n) is 13.9. The number of aromatic nitrogens is 1. The van der Waals surface area contributed by atoms with E-state index in [9.17, 15) is 4.79 Å². The van der Waals surface area contributed by atoms with Crippen molar-refractivity contribution in [3.8, 4) is 0 Å². The second-order valence-corrected chi connectivity index (χ2v) is 6.05. The van der Waals surface area contributed by atoms with Gasteiger partial charge in [0, 0.05) is 54.3 Å². The zero-order chi connectivity index (χ0) is 16.9. The van der Waals surface area contributed by atoms with Gasteiger partial charge in [-0.05, 0) is 25.0 Å². The van der Waals surface area contributed by atoms with Gasteiger partial charge in [-0.3, -0.25) is 9.78 Å². The number of carbonyl (C=O) groups excluding carboxylic acids is 1. The molecule has 0 spiro atoms. The summed E-state index contributed by atoms with van der Waals surface area (Å²) in [6, 6.07) is 8.32. The van der Waals surface area contributed by atoms with E-state index >= 15 is 0 Å². The molecule has 1 aromatic heterocycles. The first-order valence-electron chi connectivity index (χ1n) is 8.38. The molecule has 3 rings (SSSR count). The van der Waals surface area contributed by atoms with E-state index in [4.69, 9.17) is 5.84 Å². The van der Waals surface area contributed by atoms with Crippen molar-refractivity contribution in [2.75, 3.05) is 18.0 Å².